The number of carbonyl (C=O) groups excluding carboxylic acids is 1. The second kappa shape index (κ2) is 5.24. The van der Waals surface area contributed by atoms with Gasteiger partial charge in [-0.1, -0.05) is 26.0 Å². The van der Waals surface area contributed by atoms with Gasteiger partial charge in [0.25, 0.3) is 5.91 Å². The molecular weight excluding hydrogens is 238 g/mol. The summed E-state index contributed by atoms with van der Waals surface area (Å²) in [5.41, 5.74) is 1.17. The lowest BCUT2D eigenvalue weighted by Gasteiger charge is -2.41. The fourth-order valence-electron chi connectivity index (χ4n) is 2.97. The maximum absolute atomic E-state index is 12.6. The number of carbonyl (C=O) groups is 1. The number of benzene rings is 1. The van der Waals surface area contributed by atoms with Crippen LogP contribution in [0.5, 0.6) is 5.75 Å². The minimum absolute atomic E-state index is 0.0490. The van der Waals surface area contributed by atoms with Gasteiger partial charge in [0.15, 0.2) is 0 Å². The minimum atomic E-state index is -0.0490. The van der Waals surface area contributed by atoms with E-state index in [1.165, 1.54) is 0 Å². The van der Waals surface area contributed by atoms with Crippen LogP contribution in [0.4, 0.5) is 0 Å². The SMILES string of the molecule is Cc1cccc(C(=O)N2CC(C)CC(C)C2C)c1O. The fourth-order valence-corrected chi connectivity index (χ4v) is 2.97. The summed E-state index contributed by atoms with van der Waals surface area (Å²) >= 11 is 0. The van der Waals surface area contributed by atoms with Crippen molar-refractivity contribution in [3.63, 3.8) is 0 Å². The largest absolute Gasteiger partial charge is 0.507 e. The van der Waals surface area contributed by atoms with Crippen LogP contribution in [-0.4, -0.2) is 28.5 Å². The molecule has 1 aliphatic rings. The third kappa shape index (κ3) is 2.60. The molecule has 1 aromatic rings. The molecule has 0 saturated carbocycles. The lowest BCUT2D eigenvalue weighted by Crippen LogP contribution is -2.48. The van der Waals surface area contributed by atoms with Crippen molar-refractivity contribution in [1.82, 2.24) is 4.90 Å². The van der Waals surface area contributed by atoms with Gasteiger partial charge in [0.2, 0.25) is 0 Å². The van der Waals surface area contributed by atoms with Crippen molar-refractivity contribution >= 4 is 5.91 Å². The molecule has 1 aliphatic heterocycles. The highest BCUT2D eigenvalue weighted by Crippen LogP contribution is 2.30. The predicted octanol–water partition coefficient (Wildman–Crippen LogP) is 3.21. The van der Waals surface area contributed by atoms with Crippen LogP contribution < -0.4 is 0 Å². The van der Waals surface area contributed by atoms with E-state index in [2.05, 4.69) is 20.8 Å². The van der Waals surface area contributed by atoms with Gasteiger partial charge in [-0.05, 0) is 43.7 Å². The molecule has 2 rings (SSSR count). The Morgan fingerprint density at radius 2 is 2.00 bits per heavy atom. The minimum Gasteiger partial charge on any atom is -0.507 e. The van der Waals surface area contributed by atoms with E-state index in [1.54, 1.807) is 6.07 Å². The second-order valence-corrected chi connectivity index (χ2v) is 5.99. The Bertz CT molecular complexity index is 484. The van der Waals surface area contributed by atoms with E-state index in [9.17, 15) is 9.90 Å². The normalized spacial score (nSPS) is 27.4. The van der Waals surface area contributed by atoms with Crippen molar-refractivity contribution in [2.45, 2.75) is 40.2 Å². The predicted molar refractivity (Wildman–Crippen MR) is 76.3 cm³/mol. The molecule has 1 N–H and O–H groups in total. The van der Waals surface area contributed by atoms with Crippen LogP contribution in [-0.2, 0) is 0 Å². The van der Waals surface area contributed by atoms with Crippen molar-refractivity contribution < 1.29 is 9.90 Å². The number of aromatic hydroxyl groups is 1. The van der Waals surface area contributed by atoms with Crippen molar-refractivity contribution in [3.8, 4) is 5.75 Å². The van der Waals surface area contributed by atoms with Gasteiger partial charge in [0.05, 0.1) is 5.56 Å². The summed E-state index contributed by atoms with van der Waals surface area (Å²) in [6.07, 6.45) is 1.16. The summed E-state index contributed by atoms with van der Waals surface area (Å²) in [4.78, 5) is 14.6. The lowest BCUT2D eigenvalue weighted by molar-refractivity contribution is 0.0453. The lowest BCUT2D eigenvalue weighted by atomic mass is 9.85. The quantitative estimate of drug-likeness (QED) is 0.843. The Labute approximate surface area is 115 Å². The average Bonchev–Trinajstić information content (AvgIpc) is 2.36. The van der Waals surface area contributed by atoms with Gasteiger partial charge >= 0.3 is 0 Å². The summed E-state index contributed by atoms with van der Waals surface area (Å²) in [7, 11) is 0. The number of rotatable bonds is 1. The molecule has 1 heterocycles. The Kier molecular flexibility index (Phi) is 3.83. The van der Waals surface area contributed by atoms with Crippen LogP contribution in [0.15, 0.2) is 18.2 Å². The molecule has 1 amide bonds. The third-order valence-electron chi connectivity index (χ3n) is 4.33. The number of nitrogens with zero attached hydrogens (tertiary/aromatic N) is 1. The molecule has 1 fully saturated rings. The topological polar surface area (TPSA) is 40.5 Å². The highest BCUT2D eigenvalue weighted by Gasteiger charge is 2.33. The molecule has 3 heteroatoms. The van der Waals surface area contributed by atoms with Gasteiger partial charge < -0.3 is 10.0 Å². The molecule has 1 aromatic carbocycles. The van der Waals surface area contributed by atoms with Gasteiger partial charge in [-0.2, -0.15) is 0 Å². The van der Waals surface area contributed by atoms with Crippen LogP contribution in [0.2, 0.25) is 0 Å². The first kappa shape index (κ1) is 13.9. The maximum Gasteiger partial charge on any atom is 0.257 e. The number of hydrogen-bond acceptors (Lipinski definition) is 2. The van der Waals surface area contributed by atoms with E-state index in [-0.39, 0.29) is 17.7 Å². The number of likely N-dealkylation sites (tertiary alicyclic amines) is 1. The van der Waals surface area contributed by atoms with Gasteiger partial charge in [0.1, 0.15) is 5.75 Å². The number of hydrogen-bond donors (Lipinski definition) is 1. The van der Waals surface area contributed by atoms with E-state index >= 15 is 0 Å². The Morgan fingerprint density at radius 1 is 1.32 bits per heavy atom. The van der Waals surface area contributed by atoms with E-state index in [0.717, 1.165) is 18.5 Å². The molecule has 0 spiro atoms. The molecule has 0 radical (unpaired) electrons. The van der Waals surface area contributed by atoms with Crippen LogP contribution in [0.3, 0.4) is 0 Å². The van der Waals surface area contributed by atoms with Crippen molar-refractivity contribution in [2.75, 3.05) is 6.54 Å². The smallest absolute Gasteiger partial charge is 0.257 e. The fraction of sp³-hybridized carbons (Fsp3) is 0.562. The van der Waals surface area contributed by atoms with E-state index in [1.807, 2.05) is 24.0 Å². The van der Waals surface area contributed by atoms with Crippen LogP contribution in [0.25, 0.3) is 0 Å². The van der Waals surface area contributed by atoms with Crippen molar-refractivity contribution in [3.05, 3.63) is 29.3 Å². The number of para-hydroxylation sites is 1. The van der Waals surface area contributed by atoms with Gasteiger partial charge in [0, 0.05) is 12.6 Å². The molecule has 3 unspecified atom stereocenters. The Balaban J connectivity index is 2.30. The molecule has 19 heavy (non-hydrogen) atoms. The molecule has 0 aliphatic carbocycles. The highest BCUT2D eigenvalue weighted by atomic mass is 16.3. The average molecular weight is 261 g/mol. The molecule has 3 nitrogen and oxygen atoms in total. The van der Waals surface area contributed by atoms with Crippen LogP contribution >= 0.6 is 0 Å². The van der Waals surface area contributed by atoms with Crippen LogP contribution in [0, 0.1) is 18.8 Å². The van der Waals surface area contributed by atoms with E-state index < -0.39 is 0 Å². The summed E-state index contributed by atoms with van der Waals surface area (Å²) in [5.74, 6) is 1.08. The number of phenolic OH excluding ortho intramolecular Hbond substituents is 1. The first-order chi connectivity index (χ1) is 8.91. The highest BCUT2D eigenvalue weighted by molar-refractivity contribution is 5.97. The monoisotopic (exact) mass is 261 g/mol. The summed E-state index contributed by atoms with van der Waals surface area (Å²) in [6.45, 7) is 9.06. The van der Waals surface area contributed by atoms with Crippen molar-refractivity contribution in [1.29, 1.82) is 0 Å². The molecular formula is C16H23NO2. The van der Waals surface area contributed by atoms with Gasteiger partial charge in [-0.25, -0.2) is 0 Å². The summed E-state index contributed by atoms with van der Waals surface area (Å²) in [5, 5.41) is 10.1. The second-order valence-electron chi connectivity index (χ2n) is 5.99. The van der Waals surface area contributed by atoms with Crippen molar-refractivity contribution in [2.24, 2.45) is 11.8 Å². The van der Waals surface area contributed by atoms with E-state index in [4.69, 9.17) is 0 Å². The molecule has 0 bridgehead atoms. The summed E-state index contributed by atoms with van der Waals surface area (Å²) in [6, 6.07) is 5.57. The van der Waals surface area contributed by atoms with E-state index in [0.29, 0.717) is 17.4 Å². The molecule has 0 aromatic heterocycles. The first-order valence-electron chi connectivity index (χ1n) is 7.01. The number of aryl methyl sites for hydroxylation is 1. The Hall–Kier alpha value is -1.51. The van der Waals surface area contributed by atoms with Crippen LogP contribution in [0.1, 0.15) is 43.1 Å². The zero-order valence-corrected chi connectivity index (χ0v) is 12.2. The Morgan fingerprint density at radius 3 is 2.68 bits per heavy atom. The number of phenols is 1. The maximum atomic E-state index is 12.6. The zero-order valence-electron chi connectivity index (χ0n) is 12.2. The zero-order chi connectivity index (χ0) is 14.2. The molecule has 104 valence electrons. The summed E-state index contributed by atoms with van der Waals surface area (Å²) < 4.78 is 0. The number of amides is 1. The molecule has 3 atom stereocenters. The number of piperidine rings is 1. The standard InChI is InChI=1S/C16H23NO2/c1-10-8-12(3)13(4)17(9-10)16(19)14-7-5-6-11(2)15(14)18/h5-7,10,12-13,18H,8-9H2,1-4H3. The first-order valence-corrected chi connectivity index (χ1v) is 7.01. The third-order valence-corrected chi connectivity index (χ3v) is 4.33. The van der Waals surface area contributed by atoms with Gasteiger partial charge in [-0.3, -0.25) is 4.79 Å². The molecule has 1 saturated heterocycles. The van der Waals surface area contributed by atoms with Gasteiger partial charge in [-0.15, -0.1) is 0 Å².